The summed E-state index contributed by atoms with van der Waals surface area (Å²) in [4.78, 5) is 0. The third-order valence-corrected chi connectivity index (χ3v) is 3.52. The van der Waals surface area contributed by atoms with Crippen LogP contribution < -0.4 is 5.32 Å². The summed E-state index contributed by atoms with van der Waals surface area (Å²) in [5.41, 5.74) is 1.57. The van der Waals surface area contributed by atoms with Gasteiger partial charge in [0, 0.05) is 0 Å². The van der Waals surface area contributed by atoms with Crippen molar-refractivity contribution in [2.24, 2.45) is 0 Å². The van der Waals surface area contributed by atoms with Crippen LogP contribution in [0.5, 0.6) is 0 Å². The second-order valence-corrected chi connectivity index (χ2v) is 4.83. The molecule has 108 valence electrons. The maximum absolute atomic E-state index is 13.2. The topological polar surface area (TPSA) is 12.0 Å². The molecule has 1 aliphatic carbocycles. The second kappa shape index (κ2) is 8.26. The molecule has 1 nitrogen and oxygen atoms in total. The van der Waals surface area contributed by atoms with Gasteiger partial charge in [-0.05, 0) is 61.9 Å². The molecular weight excluding hydrogens is 244 g/mol. The Morgan fingerprint density at radius 3 is 2.26 bits per heavy atom. The highest BCUT2D eigenvalue weighted by Crippen LogP contribution is 2.35. The van der Waals surface area contributed by atoms with E-state index in [9.17, 15) is 8.78 Å². The number of nitrogens with one attached hydrogen (secondary N) is 1. The van der Waals surface area contributed by atoms with Crippen molar-refractivity contribution >= 4 is 0 Å². The average molecular weight is 269 g/mol. The third kappa shape index (κ3) is 4.27. The molecule has 1 fully saturated rings. The first-order valence-corrected chi connectivity index (χ1v) is 7.37. The lowest BCUT2D eigenvalue weighted by atomic mass is 10.0. The van der Waals surface area contributed by atoms with Crippen molar-refractivity contribution in [3.63, 3.8) is 0 Å². The van der Waals surface area contributed by atoms with Crippen LogP contribution in [0.2, 0.25) is 0 Å². The van der Waals surface area contributed by atoms with Crippen molar-refractivity contribution < 1.29 is 8.78 Å². The van der Waals surface area contributed by atoms with Gasteiger partial charge in [0.1, 0.15) is 0 Å². The Balaban J connectivity index is 0.000000216. The van der Waals surface area contributed by atoms with Crippen LogP contribution in [0.15, 0.2) is 12.1 Å². The molecule has 1 aromatic carbocycles. The van der Waals surface area contributed by atoms with E-state index in [1.165, 1.54) is 32.0 Å². The van der Waals surface area contributed by atoms with E-state index in [1.54, 1.807) is 6.07 Å². The van der Waals surface area contributed by atoms with E-state index >= 15 is 0 Å². The third-order valence-electron chi connectivity index (χ3n) is 3.52. The Kier molecular flexibility index (Phi) is 7.00. The lowest BCUT2D eigenvalue weighted by Gasteiger charge is -2.05. The summed E-state index contributed by atoms with van der Waals surface area (Å²) in [6.07, 6.45) is 4.60. The van der Waals surface area contributed by atoms with E-state index in [4.69, 9.17) is 0 Å². The van der Waals surface area contributed by atoms with Gasteiger partial charge in [0.2, 0.25) is 0 Å². The van der Waals surface area contributed by atoms with Crippen LogP contribution >= 0.6 is 0 Å². The van der Waals surface area contributed by atoms with Gasteiger partial charge in [0.15, 0.2) is 11.6 Å². The smallest absolute Gasteiger partial charge is 0.162 e. The van der Waals surface area contributed by atoms with Gasteiger partial charge >= 0.3 is 0 Å². The molecule has 1 N–H and O–H groups in total. The molecular formula is C16H25F2N. The summed E-state index contributed by atoms with van der Waals surface area (Å²) in [7, 11) is 0. The van der Waals surface area contributed by atoms with Crippen molar-refractivity contribution in [1.82, 2.24) is 5.32 Å². The molecule has 1 saturated heterocycles. The molecule has 0 unspecified atom stereocenters. The Morgan fingerprint density at radius 1 is 1.11 bits per heavy atom. The van der Waals surface area contributed by atoms with Gasteiger partial charge in [-0.2, -0.15) is 0 Å². The summed E-state index contributed by atoms with van der Waals surface area (Å²) in [5, 5.41) is 3.22. The number of benzene rings is 1. The van der Waals surface area contributed by atoms with Gasteiger partial charge in [-0.3, -0.25) is 0 Å². The lowest BCUT2D eigenvalue weighted by Crippen LogP contribution is -2.03. The van der Waals surface area contributed by atoms with Gasteiger partial charge in [-0.1, -0.05) is 26.8 Å². The van der Waals surface area contributed by atoms with E-state index in [-0.39, 0.29) is 5.92 Å². The predicted octanol–water partition coefficient (Wildman–Crippen LogP) is 4.41. The molecule has 1 atom stereocenters. The minimum Gasteiger partial charge on any atom is -0.317 e. The van der Waals surface area contributed by atoms with Crippen molar-refractivity contribution in [2.45, 2.75) is 52.4 Å². The van der Waals surface area contributed by atoms with E-state index < -0.39 is 11.6 Å². The minimum atomic E-state index is -0.720. The number of hydrogen-bond donors (Lipinski definition) is 1. The van der Waals surface area contributed by atoms with E-state index in [2.05, 4.69) is 5.32 Å². The molecule has 2 aliphatic rings. The molecule has 1 heterocycles. The van der Waals surface area contributed by atoms with Gasteiger partial charge in [-0.15, -0.1) is 0 Å². The van der Waals surface area contributed by atoms with E-state index in [1.807, 2.05) is 20.8 Å². The highest BCUT2D eigenvalue weighted by atomic mass is 19.2. The standard InChI is InChI=1S/C10H10F2.C4H9N.C2H6/c1-6-2-3-7-4-5-8(11)10(12)9(6)7;1-2-4-5-3-1;1-2/h4-6H,2-3H2,1H3;5H,1-4H2;1-2H3/t6-;;/m0../s1. The summed E-state index contributed by atoms with van der Waals surface area (Å²) >= 11 is 0. The largest absolute Gasteiger partial charge is 0.317 e. The summed E-state index contributed by atoms with van der Waals surface area (Å²) in [6.45, 7) is 8.44. The van der Waals surface area contributed by atoms with Crippen LogP contribution in [-0.2, 0) is 6.42 Å². The van der Waals surface area contributed by atoms with Crippen LogP contribution in [0.25, 0.3) is 0 Å². The molecule has 0 saturated carbocycles. The number of halogens is 2. The highest BCUT2D eigenvalue weighted by molar-refractivity contribution is 5.36. The molecule has 0 radical (unpaired) electrons. The molecule has 0 bridgehead atoms. The van der Waals surface area contributed by atoms with Crippen LogP contribution in [0.1, 0.15) is 57.1 Å². The van der Waals surface area contributed by atoms with Crippen molar-refractivity contribution in [3.05, 3.63) is 34.9 Å². The second-order valence-electron chi connectivity index (χ2n) is 4.83. The Labute approximate surface area is 115 Å². The van der Waals surface area contributed by atoms with Gasteiger partial charge in [-0.25, -0.2) is 8.78 Å². The molecule has 3 heteroatoms. The molecule has 0 spiro atoms. The number of aryl methyl sites for hydroxylation is 1. The van der Waals surface area contributed by atoms with Crippen LogP contribution in [-0.4, -0.2) is 13.1 Å². The number of fused-ring (bicyclic) bond motifs is 1. The van der Waals surface area contributed by atoms with Crippen LogP contribution in [0, 0.1) is 11.6 Å². The molecule has 1 aromatic rings. The van der Waals surface area contributed by atoms with Crippen molar-refractivity contribution in [3.8, 4) is 0 Å². The molecule has 0 aromatic heterocycles. The SMILES string of the molecule is C1CCNC1.CC.C[C@H]1CCc2ccc(F)c(F)c21. The summed E-state index contributed by atoms with van der Waals surface area (Å²) in [5.74, 6) is -1.18. The summed E-state index contributed by atoms with van der Waals surface area (Å²) in [6, 6.07) is 2.91. The summed E-state index contributed by atoms with van der Waals surface area (Å²) < 4.78 is 26.0. The zero-order valence-electron chi connectivity index (χ0n) is 12.2. The molecule has 19 heavy (non-hydrogen) atoms. The highest BCUT2D eigenvalue weighted by Gasteiger charge is 2.23. The van der Waals surface area contributed by atoms with E-state index in [0.717, 1.165) is 18.4 Å². The maximum atomic E-state index is 13.2. The first-order valence-electron chi connectivity index (χ1n) is 7.37. The average Bonchev–Trinajstić information content (AvgIpc) is 3.10. The minimum absolute atomic E-state index is 0.177. The number of rotatable bonds is 0. The monoisotopic (exact) mass is 269 g/mol. The van der Waals surface area contributed by atoms with E-state index in [0.29, 0.717) is 5.56 Å². The first-order chi connectivity index (χ1) is 9.20. The van der Waals surface area contributed by atoms with Crippen molar-refractivity contribution in [2.75, 3.05) is 13.1 Å². The number of hydrogen-bond acceptors (Lipinski definition) is 1. The lowest BCUT2D eigenvalue weighted by molar-refractivity contribution is 0.494. The Hall–Kier alpha value is -0.960. The van der Waals surface area contributed by atoms with Gasteiger partial charge in [0.05, 0.1) is 0 Å². The predicted molar refractivity (Wildman–Crippen MR) is 76.5 cm³/mol. The zero-order chi connectivity index (χ0) is 14.3. The zero-order valence-corrected chi connectivity index (χ0v) is 12.2. The Morgan fingerprint density at radius 2 is 1.74 bits per heavy atom. The molecule has 0 amide bonds. The van der Waals surface area contributed by atoms with Gasteiger partial charge in [0.25, 0.3) is 0 Å². The fraction of sp³-hybridized carbons (Fsp3) is 0.625. The van der Waals surface area contributed by atoms with Crippen LogP contribution in [0.3, 0.4) is 0 Å². The normalized spacial score (nSPS) is 19.9. The Bertz CT molecular complexity index is 379. The fourth-order valence-corrected chi connectivity index (χ4v) is 2.50. The molecule has 1 aliphatic heterocycles. The first kappa shape index (κ1) is 16.1. The van der Waals surface area contributed by atoms with Crippen molar-refractivity contribution in [1.29, 1.82) is 0 Å². The quantitative estimate of drug-likeness (QED) is 0.735. The maximum Gasteiger partial charge on any atom is 0.162 e. The van der Waals surface area contributed by atoms with Gasteiger partial charge < -0.3 is 5.32 Å². The molecule has 3 rings (SSSR count). The fourth-order valence-electron chi connectivity index (χ4n) is 2.50. The van der Waals surface area contributed by atoms with Crippen LogP contribution in [0.4, 0.5) is 8.78 Å².